The number of carbonyl (C=O) groups is 1. The number of carbonyl (C=O) groups excluding carboxylic acids is 1. The van der Waals surface area contributed by atoms with E-state index in [-0.39, 0.29) is 11.8 Å². The van der Waals surface area contributed by atoms with Crippen LogP contribution in [0, 0.1) is 5.92 Å². The molecule has 2 atom stereocenters. The van der Waals surface area contributed by atoms with Crippen LogP contribution in [-0.2, 0) is 4.79 Å². The van der Waals surface area contributed by atoms with Crippen LogP contribution in [0.3, 0.4) is 0 Å². The molecule has 2 aromatic rings. The summed E-state index contributed by atoms with van der Waals surface area (Å²) in [5.41, 5.74) is 3.42. The summed E-state index contributed by atoms with van der Waals surface area (Å²) in [5, 5.41) is 9.82. The summed E-state index contributed by atoms with van der Waals surface area (Å²) in [6, 6.07) is 18.6. The maximum atomic E-state index is 12.0. The van der Waals surface area contributed by atoms with Gasteiger partial charge in [-0.1, -0.05) is 62.4 Å². The summed E-state index contributed by atoms with van der Waals surface area (Å²) in [7, 11) is 1.78. The summed E-state index contributed by atoms with van der Waals surface area (Å²) < 4.78 is 0. The lowest BCUT2D eigenvalue weighted by molar-refractivity contribution is -0.116. The largest absolute Gasteiger partial charge is 0.356 e. The number of anilines is 1. The Hall–Kier alpha value is -2.82. The van der Waals surface area contributed by atoms with Crippen molar-refractivity contribution in [3.05, 3.63) is 65.7 Å². The zero-order valence-electron chi connectivity index (χ0n) is 16.9. The number of hydrogen-bond acceptors (Lipinski definition) is 2. The lowest BCUT2D eigenvalue weighted by Crippen LogP contribution is -2.42. The molecule has 1 heterocycles. The van der Waals surface area contributed by atoms with Gasteiger partial charge in [0.15, 0.2) is 5.96 Å². The van der Waals surface area contributed by atoms with Crippen LogP contribution < -0.4 is 16.0 Å². The number of nitrogens with one attached hydrogen (secondary N) is 3. The van der Waals surface area contributed by atoms with Gasteiger partial charge in [-0.25, -0.2) is 0 Å². The normalized spacial score (nSPS) is 17.6. The second kappa shape index (κ2) is 9.40. The molecule has 3 N–H and O–H groups in total. The molecule has 0 saturated heterocycles. The average molecular weight is 379 g/mol. The fourth-order valence-corrected chi connectivity index (χ4v) is 3.77. The predicted molar refractivity (Wildman–Crippen MR) is 116 cm³/mol. The Labute approximate surface area is 167 Å². The summed E-state index contributed by atoms with van der Waals surface area (Å²) in [6.07, 6.45) is 0.486. The zero-order valence-corrected chi connectivity index (χ0v) is 16.9. The smallest absolute Gasteiger partial charge is 0.225 e. The van der Waals surface area contributed by atoms with Crippen LogP contribution in [0.15, 0.2) is 59.6 Å². The highest BCUT2D eigenvalue weighted by molar-refractivity contribution is 5.94. The molecule has 5 heteroatoms. The first-order valence-corrected chi connectivity index (χ1v) is 9.96. The lowest BCUT2D eigenvalue weighted by Gasteiger charge is -2.27. The third-order valence-corrected chi connectivity index (χ3v) is 5.37. The molecule has 0 fully saturated rings. The fraction of sp³-hybridized carbons (Fsp3) is 0.391. The van der Waals surface area contributed by atoms with E-state index in [0.717, 1.165) is 18.2 Å². The highest BCUT2D eigenvalue weighted by Crippen LogP contribution is 2.31. The maximum Gasteiger partial charge on any atom is 0.225 e. The Bertz CT molecular complexity index is 816. The second-order valence-corrected chi connectivity index (χ2v) is 7.63. The number of nitrogens with zero attached hydrogens (tertiary/aromatic N) is 1. The first-order chi connectivity index (χ1) is 13.6. The molecule has 0 radical (unpaired) electrons. The first-order valence-electron chi connectivity index (χ1n) is 9.96. The molecule has 1 aliphatic heterocycles. The Balaban J connectivity index is 1.60. The summed E-state index contributed by atoms with van der Waals surface area (Å²) >= 11 is 0. The summed E-state index contributed by atoms with van der Waals surface area (Å²) in [6.45, 7) is 5.96. The van der Waals surface area contributed by atoms with Gasteiger partial charge < -0.3 is 16.0 Å². The molecule has 28 heavy (non-hydrogen) atoms. The minimum absolute atomic E-state index is 0.0670. The molecule has 0 aromatic heterocycles. The second-order valence-electron chi connectivity index (χ2n) is 7.63. The van der Waals surface area contributed by atoms with E-state index in [0.29, 0.717) is 24.8 Å². The van der Waals surface area contributed by atoms with Gasteiger partial charge in [-0.15, -0.1) is 0 Å². The fourth-order valence-electron chi connectivity index (χ4n) is 3.77. The van der Waals surface area contributed by atoms with Gasteiger partial charge >= 0.3 is 0 Å². The summed E-state index contributed by atoms with van der Waals surface area (Å²) in [4.78, 5) is 16.4. The van der Waals surface area contributed by atoms with Crippen LogP contribution >= 0.6 is 0 Å². The van der Waals surface area contributed by atoms with E-state index in [4.69, 9.17) is 0 Å². The molecular weight excluding hydrogens is 348 g/mol. The van der Waals surface area contributed by atoms with Crippen LogP contribution in [0.4, 0.5) is 5.69 Å². The molecule has 0 spiro atoms. The molecule has 1 amide bonds. The molecule has 5 nitrogen and oxygen atoms in total. The monoisotopic (exact) mass is 378 g/mol. The molecule has 0 aliphatic carbocycles. The van der Waals surface area contributed by atoms with Crippen molar-refractivity contribution in [3.8, 4) is 0 Å². The molecular formula is C23H30N4O. The van der Waals surface area contributed by atoms with Crippen molar-refractivity contribution < 1.29 is 4.79 Å². The highest BCUT2D eigenvalue weighted by atomic mass is 16.1. The van der Waals surface area contributed by atoms with Gasteiger partial charge in [-0.2, -0.15) is 0 Å². The molecule has 0 bridgehead atoms. The number of hydrogen-bond donors (Lipinski definition) is 3. The van der Waals surface area contributed by atoms with Crippen molar-refractivity contribution in [2.75, 3.05) is 25.5 Å². The third-order valence-electron chi connectivity index (χ3n) is 5.37. The quantitative estimate of drug-likeness (QED) is 0.530. The van der Waals surface area contributed by atoms with Crippen molar-refractivity contribution >= 4 is 17.6 Å². The zero-order chi connectivity index (χ0) is 19.9. The van der Waals surface area contributed by atoms with Gasteiger partial charge in [0.05, 0.1) is 0 Å². The Kier molecular flexibility index (Phi) is 6.69. The lowest BCUT2D eigenvalue weighted by atomic mass is 9.88. The van der Waals surface area contributed by atoms with Crippen LogP contribution in [0.5, 0.6) is 0 Å². The highest BCUT2D eigenvalue weighted by Gasteiger charge is 2.25. The van der Waals surface area contributed by atoms with E-state index in [2.05, 4.69) is 65.1 Å². The molecule has 148 valence electrons. The van der Waals surface area contributed by atoms with E-state index in [1.807, 2.05) is 24.3 Å². The average Bonchev–Trinajstić information content (AvgIpc) is 2.70. The first kappa shape index (κ1) is 19.9. The number of rotatable bonds is 6. The Morgan fingerprint density at radius 2 is 1.82 bits per heavy atom. The minimum Gasteiger partial charge on any atom is -0.356 e. The minimum atomic E-state index is 0.0670. The van der Waals surface area contributed by atoms with Crippen molar-refractivity contribution in [2.24, 2.45) is 10.9 Å². The Morgan fingerprint density at radius 1 is 1.11 bits per heavy atom. The van der Waals surface area contributed by atoms with Gasteiger partial charge in [-0.05, 0) is 23.1 Å². The topological polar surface area (TPSA) is 65.5 Å². The van der Waals surface area contributed by atoms with Crippen LogP contribution in [0.1, 0.15) is 43.2 Å². The van der Waals surface area contributed by atoms with E-state index in [1.165, 1.54) is 11.1 Å². The van der Waals surface area contributed by atoms with Crippen molar-refractivity contribution in [2.45, 2.75) is 32.1 Å². The molecule has 2 aromatic carbocycles. The number of benzene rings is 2. The molecule has 1 aliphatic rings. The van der Waals surface area contributed by atoms with Crippen molar-refractivity contribution in [1.82, 2.24) is 10.6 Å². The van der Waals surface area contributed by atoms with Gasteiger partial charge in [0.2, 0.25) is 5.91 Å². The molecule has 0 saturated carbocycles. The van der Waals surface area contributed by atoms with E-state index in [9.17, 15) is 4.79 Å². The number of aliphatic imine (C=N–C) groups is 1. The van der Waals surface area contributed by atoms with E-state index < -0.39 is 0 Å². The number of guanidine groups is 1. The SMILES string of the molecule is CN=C(NCC1CC(=O)Nc2ccccc21)NCC(c1ccccc1)C(C)C. The predicted octanol–water partition coefficient (Wildman–Crippen LogP) is 3.72. The number of para-hydroxylation sites is 1. The van der Waals surface area contributed by atoms with E-state index in [1.54, 1.807) is 7.05 Å². The standard InChI is InChI=1S/C23H30N4O/c1-16(2)20(17-9-5-4-6-10-17)15-26-23(24-3)25-14-18-13-22(28)27-21-12-8-7-11-19(18)21/h4-12,16,18,20H,13-15H2,1-3H3,(H,27,28)(H2,24,25,26). The maximum absolute atomic E-state index is 12.0. The Morgan fingerprint density at radius 3 is 2.54 bits per heavy atom. The van der Waals surface area contributed by atoms with Crippen LogP contribution in [0.2, 0.25) is 0 Å². The number of fused-ring (bicyclic) bond motifs is 1. The van der Waals surface area contributed by atoms with Crippen LogP contribution in [0.25, 0.3) is 0 Å². The van der Waals surface area contributed by atoms with Crippen molar-refractivity contribution in [3.63, 3.8) is 0 Å². The van der Waals surface area contributed by atoms with Gasteiger partial charge in [-0.3, -0.25) is 9.79 Å². The third kappa shape index (κ3) is 4.91. The molecule has 3 rings (SSSR count). The molecule has 2 unspecified atom stereocenters. The summed E-state index contributed by atoms with van der Waals surface area (Å²) in [5.74, 6) is 1.89. The van der Waals surface area contributed by atoms with Gasteiger partial charge in [0.1, 0.15) is 0 Å². The van der Waals surface area contributed by atoms with Gasteiger partial charge in [0, 0.05) is 44.1 Å². The van der Waals surface area contributed by atoms with E-state index >= 15 is 0 Å². The number of amides is 1. The van der Waals surface area contributed by atoms with Crippen molar-refractivity contribution in [1.29, 1.82) is 0 Å². The van der Waals surface area contributed by atoms with Crippen LogP contribution in [-0.4, -0.2) is 32.0 Å². The van der Waals surface area contributed by atoms with Gasteiger partial charge in [0.25, 0.3) is 0 Å².